The Morgan fingerprint density at radius 2 is 2.08 bits per heavy atom. The van der Waals surface area contributed by atoms with Crippen molar-refractivity contribution in [2.45, 2.75) is 26.0 Å². The van der Waals surface area contributed by atoms with Crippen molar-refractivity contribution in [2.24, 2.45) is 0 Å². The van der Waals surface area contributed by atoms with E-state index >= 15 is 0 Å². The van der Waals surface area contributed by atoms with E-state index in [-0.39, 0.29) is 12.0 Å². The van der Waals surface area contributed by atoms with Crippen LogP contribution in [0.3, 0.4) is 0 Å². The third-order valence-corrected chi connectivity index (χ3v) is 4.75. The fraction of sp³-hybridized carbons (Fsp3) is 0.611. The zero-order valence-corrected chi connectivity index (χ0v) is 14.8. The van der Waals surface area contributed by atoms with Crippen molar-refractivity contribution < 1.29 is 14.3 Å². The number of nitrogens with zero attached hydrogens (tertiary/aromatic N) is 2. The molecule has 1 N–H and O–H groups in total. The molecular formula is C18H27N3O3. The first kappa shape index (κ1) is 17.0. The molecule has 2 aliphatic heterocycles. The van der Waals surface area contributed by atoms with Gasteiger partial charge in [-0.1, -0.05) is 0 Å². The lowest BCUT2D eigenvalue weighted by molar-refractivity contribution is -0.131. The predicted molar refractivity (Wildman–Crippen MR) is 92.6 cm³/mol. The number of likely N-dealkylation sites (N-methyl/N-ethyl adjacent to an activating group) is 1. The quantitative estimate of drug-likeness (QED) is 0.867. The summed E-state index contributed by atoms with van der Waals surface area (Å²) in [7, 11) is 3.77. The highest BCUT2D eigenvalue weighted by Gasteiger charge is 2.22. The van der Waals surface area contributed by atoms with Crippen LogP contribution in [0.5, 0.6) is 11.5 Å². The third kappa shape index (κ3) is 3.82. The van der Waals surface area contributed by atoms with Crippen molar-refractivity contribution in [1.29, 1.82) is 0 Å². The highest BCUT2D eigenvalue weighted by Crippen LogP contribution is 2.34. The van der Waals surface area contributed by atoms with E-state index < -0.39 is 0 Å². The van der Waals surface area contributed by atoms with Gasteiger partial charge in [-0.15, -0.1) is 0 Å². The minimum absolute atomic E-state index is 0.160. The van der Waals surface area contributed by atoms with E-state index in [1.165, 1.54) is 5.56 Å². The maximum atomic E-state index is 12.3. The molecule has 0 saturated carbocycles. The molecule has 6 nitrogen and oxygen atoms in total. The van der Waals surface area contributed by atoms with Gasteiger partial charge >= 0.3 is 0 Å². The summed E-state index contributed by atoms with van der Waals surface area (Å²) in [5.74, 6) is 1.95. The Balaban J connectivity index is 1.55. The van der Waals surface area contributed by atoms with Crippen molar-refractivity contribution in [3.05, 3.63) is 23.3 Å². The maximum absolute atomic E-state index is 12.3. The van der Waals surface area contributed by atoms with E-state index in [1.807, 2.05) is 11.0 Å². The summed E-state index contributed by atoms with van der Waals surface area (Å²) in [5, 5.41) is 3.25. The summed E-state index contributed by atoms with van der Waals surface area (Å²) < 4.78 is 11.3. The second kappa shape index (κ2) is 7.40. The van der Waals surface area contributed by atoms with E-state index in [9.17, 15) is 4.79 Å². The van der Waals surface area contributed by atoms with Crippen LogP contribution in [0, 0.1) is 0 Å². The Labute approximate surface area is 143 Å². The topological polar surface area (TPSA) is 54.0 Å². The van der Waals surface area contributed by atoms with Crippen LogP contribution in [-0.4, -0.2) is 68.7 Å². The lowest BCUT2D eigenvalue weighted by Gasteiger charge is -2.32. The van der Waals surface area contributed by atoms with Gasteiger partial charge in [-0.05, 0) is 26.1 Å². The lowest BCUT2D eigenvalue weighted by Crippen LogP contribution is -2.49. The molecule has 2 heterocycles. The van der Waals surface area contributed by atoms with Gasteiger partial charge < -0.3 is 24.6 Å². The monoisotopic (exact) mass is 333 g/mol. The molecule has 1 atom stereocenters. The van der Waals surface area contributed by atoms with E-state index in [0.717, 1.165) is 49.7 Å². The number of piperazine rings is 1. The fourth-order valence-corrected chi connectivity index (χ4v) is 3.28. The van der Waals surface area contributed by atoms with Gasteiger partial charge in [-0.3, -0.25) is 4.79 Å². The predicted octanol–water partition coefficient (Wildman–Crippen LogP) is 0.882. The molecule has 1 aromatic carbocycles. The van der Waals surface area contributed by atoms with Crippen molar-refractivity contribution >= 4 is 5.91 Å². The Hall–Kier alpha value is -1.79. The molecule has 3 rings (SSSR count). The molecule has 0 aliphatic carbocycles. The lowest BCUT2D eigenvalue weighted by atomic mass is 10.1. The number of benzene rings is 1. The summed E-state index contributed by atoms with van der Waals surface area (Å²) in [6, 6.07) is 4.09. The number of methoxy groups -OCH3 is 1. The van der Waals surface area contributed by atoms with E-state index in [4.69, 9.17) is 9.47 Å². The number of carbonyl (C=O) groups excluding carboxylic acids is 1. The Morgan fingerprint density at radius 3 is 2.79 bits per heavy atom. The molecular weight excluding hydrogens is 306 g/mol. The van der Waals surface area contributed by atoms with Crippen molar-refractivity contribution in [3.63, 3.8) is 0 Å². The first-order valence-electron chi connectivity index (χ1n) is 8.60. The number of nitrogens with one attached hydrogen (secondary N) is 1. The van der Waals surface area contributed by atoms with Crippen LogP contribution in [-0.2, 0) is 17.8 Å². The summed E-state index contributed by atoms with van der Waals surface area (Å²) in [6.45, 7) is 6.52. The summed E-state index contributed by atoms with van der Waals surface area (Å²) >= 11 is 0. The van der Waals surface area contributed by atoms with E-state index in [0.29, 0.717) is 13.1 Å². The van der Waals surface area contributed by atoms with Crippen LogP contribution in [0.1, 0.15) is 18.1 Å². The smallest absolute Gasteiger partial charge is 0.236 e. The average molecular weight is 333 g/mol. The van der Waals surface area contributed by atoms with Gasteiger partial charge in [0.2, 0.25) is 5.91 Å². The molecule has 0 unspecified atom stereocenters. The van der Waals surface area contributed by atoms with Crippen LogP contribution in [0.25, 0.3) is 0 Å². The molecule has 1 saturated heterocycles. The number of fused-ring (bicyclic) bond motifs is 1. The summed E-state index contributed by atoms with van der Waals surface area (Å²) in [5.41, 5.74) is 2.22. The SMILES string of the molecule is COc1cc2c(cc1CNCC(=O)N1CCN(C)CC1)O[C@@H](C)C2. The van der Waals surface area contributed by atoms with Crippen LogP contribution >= 0.6 is 0 Å². The zero-order valence-electron chi connectivity index (χ0n) is 14.8. The molecule has 0 bridgehead atoms. The molecule has 2 aliphatic rings. The largest absolute Gasteiger partial charge is 0.496 e. The minimum Gasteiger partial charge on any atom is -0.496 e. The van der Waals surface area contributed by atoms with Gasteiger partial charge in [-0.2, -0.15) is 0 Å². The van der Waals surface area contributed by atoms with Crippen LogP contribution < -0.4 is 14.8 Å². The molecule has 0 radical (unpaired) electrons. The first-order valence-corrected chi connectivity index (χ1v) is 8.60. The van der Waals surface area contributed by atoms with Gasteiger partial charge in [-0.25, -0.2) is 0 Å². The van der Waals surface area contributed by atoms with Crippen molar-refractivity contribution in [2.75, 3.05) is 46.9 Å². The van der Waals surface area contributed by atoms with Gasteiger partial charge in [0.25, 0.3) is 0 Å². The number of hydrogen-bond donors (Lipinski definition) is 1. The van der Waals surface area contributed by atoms with Gasteiger partial charge in [0.05, 0.1) is 13.7 Å². The Morgan fingerprint density at radius 1 is 1.33 bits per heavy atom. The standard InChI is InChI=1S/C18H27N3O3/c1-13-8-14-9-16(23-3)15(10-17(14)24-13)11-19-12-18(22)21-6-4-20(2)5-7-21/h9-10,13,19H,4-8,11-12H2,1-3H3/t13-/m0/s1. The summed E-state index contributed by atoms with van der Waals surface area (Å²) in [6.07, 6.45) is 1.13. The van der Waals surface area contributed by atoms with Crippen molar-refractivity contribution in [1.82, 2.24) is 15.1 Å². The fourth-order valence-electron chi connectivity index (χ4n) is 3.28. The molecule has 24 heavy (non-hydrogen) atoms. The minimum atomic E-state index is 0.160. The molecule has 6 heteroatoms. The van der Waals surface area contributed by atoms with Gasteiger partial charge in [0.1, 0.15) is 17.6 Å². The second-order valence-electron chi connectivity index (χ2n) is 6.69. The van der Waals surface area contributed by atoms with Crippen LogP contribution in [0.15, 0.2) is 12.1 Å². The highest BCUT2D eigenvalue weighted by atomic mass is 16.5. The maximum Gasteiger partial charge on any atom is 0.236 e. The highest BCUT2D eigenvalue weighted by molar-refractivity contribution is 5.78. The van der Waals surface area contributed by atoms with Crippen LogP contribution in [0.4, 0.5) is 0 Å². The Kier molecular flexibility index (Phi) is 5.26. The van der Waals surface area contributed by atoms with E-state index in [2.05, 4.69) is 30.3 Å². The van der Waals surface area contributed by atoms with Gasteiger partial charge in [0, 0.05) is 50.3 Å². The third-order valence-electron chi connectivity index (χ3n) is 4.75. The molecule has 1 aromatic rings. The summed E-state index contributed by atoms with van der Waals surface area (Å²) in [4.78, 5) is 16.4. The molecule has 0 spiro atoms. The first-order chi connectivity index (χ1) is 11.6. The van der Waals surface area contributed by atoms with E-state index in [1.54, 1.807) is 7.11 Å². The van der Waals surface area contributed by atoms with Gasteiger partial charge in [0.15, 0.2) is 0 Å². The number of rotatable bonds is 5. The molecule has 0 aromatic heterocycles. The normalized spacial score (nSPS) is 20.6. The molecule has 1 fully saturated rings. The number of carbonyl (C=O) groups is 1. The Bertz CT molecular complexity index is 597. The van der Waals surface area contributed by atoms with Crippen LogP contribution in [0.2, 0.25) is 0 Å². The van der Waals surface area contributed by atoms with Crippen molar-refractivity contribution in [3.8, 4) is 11.5 Å². The number of ether oxygens (including phenoxy) is 2. The average Bonchev–Trinajstić information content (AvgIpc) is 2.93. The second-order valence-corrected chi connectivity index (χ2v) is 6.69. The molecule has 132 valence electrons. The zero-order chi connectivity index (χ0) is 17.1. The molecule has 1 amide bonds. The number of amides is 1. The number of hydrogen-bond acceptors (Lipinski definition) is 5.